The predicted octanol–water partition coefficient (Wildman–Crippen LogP) is 0.857. The molecular formula is C13H24N4O. The number of aromatic nitrogens is 2. The highest BCUT2D eigenvalue weighted by molar-refractivity contribution is 5.81. The van der Waals surface area contributed by atoms with Gasteiger partial charge in [0.25, 0.3) is 0 Å². The lowest BCUT2D eigenvalue weighted by Gasteiger charge is -2.13. The first kappa shape index (κ1) is 14.7. The summed E-state index contributed by atoms with van der Waals surface area (Å²) in [6.45, 7) is 5.55. The molecule has 1 rings (SSSR count). The van der Waals surface area contributed by atoms with E-state index in [2.05, 4.69) is 22.7 Å². The highest BCUT2D eigenvalue weighted by atomic mass is 16.2. The quantitative estimate of drug-likeness (QED) is 0.675. The molecule has 1 unspecified atom stereocenters. The van der Waals surface area contributed by atoms with Crippen LogP contribution in [0, 0.1) is 0 Å². The molecule has 0 aliphatic carbocycles. The van der Waals surface area contributed by atoms with Crippen LogP contribution in [-0.4, -0.2) is 34.8 Å². The maximum Gasteiger partial charge on any atom is 0.236 e. The van der Waals surface area contributed by atoms with Crippen LogP contribution >= 0.6 is 0 Å². The van der Waals surface area contributed by atoms with E-state index in [1.807, 2.05) is 24.7 Å². The average Bonchev–Trinajstić information content (AvgIpc) is 2.75. The largest absolute Gasteiger partial charge is 0.355 e. The summed E-state index contributed by atoms with van der Waals surface area (Å²) in [5.41, 5.74) is 1.17. The van der Waals surface area contributed by atoms with Gasteiger partial charge in [-0.1, -0.05) is 13.3 Å². The second-order valence-electron chi connectivity index (χ2n) is 4.52. The molecule has 1 amide bonds. The Hall–Kier alpha value is -1.36. The van der Waals surface area contributed by atoms with E-state index in [0.29, 0.717) is 0 Å². The number of carbonyl (C=O) groups excluding carboxylic acids is 1. The summed E-state index contributed by atoms with van der Waals surface area (Å²) in [4.78, 5) is 11.7. The fourth-order valence-corrected chi connectivity index (χ4v) is 1.70. The van der Waals surface area contributed by atoms with Crippen LogP contribution in [0.2, 0.25) is 0 Å². The van der Waals surface area contributed by atoms with E-state index in [9.17, 15) is 4.79 Å². The fourth-order valence-electron chi connectivity index (χ4n) is 1.70. The third kappa shape index (κ3) is 4.87. The zero-order valence-corrected chi connectivity index (χ0v) is 11.6. The zero-order chi connectivity index (χ0) is 13.4. The highest BCUT2D eigenvalue weighted by Gasteiger charge is 2.10. The van der Waals surface area contributed by atoms with Gasteiger partial charge >= 0.3 is 0 Å². The van der Waals surface area contributed by atoms with Crippen LogP contribution < -0.4 is 10.6 Å². The Balaban J connectivity index is 2.18. The molecule has 0 radical (unpaired) electrons. The lowest BCUT2D eigenvalue weighted by molar-refractivity contribution is -0.122. The maximum absolute atomic E-state index is 11.7. The SMILES string of the molecule is CCCCNC(=O)C(C)NCCc1ccnn1C. The average molecular weight is 252 g/mol. The summed E-state index contributed by atoms with van der Waals surface area (Å²) >= 11 is 0. The van der Waals surface area contributed by atoms with Crippen molar-refractivity contribution >= 4 is 5.91 Å². The molecule has 1 heterocycles. The normalized spacial score (nSPS) is 12.4. The molecule has 0 saturated carbocycles. The van der Waals surface area contributed by atoms with Crippen LogP contribution in [0.4, 0.5) is 0 Å². The van der Waals surface area contributed by atoms with Gasteiger partial charge in [0.05, 0.1) is 6.04 Å². The van der Waals surface area contributed by atoms with Crippen molar-refractivity contribution in [2.45, 2.75) is 39.2 Å². The number of aryl methyl sites for hydroxylation is 1. The van der Waals surface area contributed by atoms with E-state index in [-0.39, 0.29) is 11.9 Å². The zero-order valence-electron chi connectivity index (χ0n) is 11.6. The van der Waals surface area contributed by atoms with Crippen LogP contribution in [0.1, 0.15) is 32.4 Å². The Bertz CT molecular complexity index is 362. The lowest BCUT2D eigenvalue weighted by atomic mass is 10.2. The molecule has 0 saturated heterocycles. The van der Waals surface area contributed by atoms with E-state index >= 15 is 0 Å². The van der Waals surface area contributed by atoms with Crippen molar-refractivity contribution in [2.24, 2.45) is 7.05 Å². The summed E-state index contributed by atoms with van der Waals surface area (Å²) in [5, 5.41) is 10.3. The topological polar surface area (TPSA) is 59.0 Å². The molecule has 1 atom stereocenters. The van der Waals surface area contributed by atoms with Crippen LogP contribution in [0.3, 0.4) is 0 Å². The third-order valence-corrected chi connectivity index (χ3v) is 2.98. The van der Waals surface area contributed by atoms with Crippen molar-refractivity contribution in [3.8, 4) is 0 Å². The van der Waals surface area contributed by atoms with Gasteiger partial charge in [-0.15, -0.1) is 0 Å². The van der Waals surface area contributed by atoms with E-state index in [4.69, 9.17) is 0 Å². The Labute approximate surface area is 109 Å². The second kappa shape index (κ2) is 7.87. The fraction of sp³-hybridized carbons (Fsp3) is 0.692. The maximum atomic E-state index is 11.7. The minimum Gasteiger partial charge on any atom is -0.355 e. The van der Waals surface area contributed by atoms with Crippen molar-refractivity contribution in [3.63, 3.8) is 0 Å². The van der Waals surface area contributed by atoms with E-state index in [0.717, 1.165) is 32.4 Å². The molecule has 5 heteroatoms. The molecule has 2 N–H and O–H groups in total. The number of hydrogen-bond acceptors (Lipinski definition) is 3. The Morgan fingerprint density at radius 1 is 1.50 bits per heavy atom. The number of unbranched alkanes of at least 4 members (excludes halogenated alkanes) is 1. The van der Waals surface area contributed by atoms with Crippen molar-refractivity contribution in [1.29, 1.82) is 0 Å². The molecule has 0 aliphatic rings. The minimum absolute atomic E-state index is 0.0773. The third-order valence-electron chi connectivity index (χ3n) is 2.98. The molecular weight excluding hydrogens is 228 g/mol. The molecule has 0 spiro atoms. The standard InChI is InChI=1S/C13H24N4O/c1-4-5-8-15-13(18)11(2)14-9-6-12-7-10-16-17(12)3/h7,10-11,14H,4-6,8-9H2,1-3H3,(H,15,18). The predicted molar refractivity (Wildman–Crippen MR) is 72.3 cm³/mol. The molecule has 5 nitrogen and oxygen atoms in total. The summed E-state index contributed by atoms with van der Waals surface area (Å²) in [5.74, 6) is 0.0773. The summed E-state index contributed by atoms with van der Waals surface area (Å²) < 4.78 is 1.85. The molecule has 102 valence electrons. The van der Waals surface area contributed by atoms with Crippen LogP contribution in [0.5, 0.6) is 0 Å². The van der Waals surface area contributed by atoms with Crippen LogP contribution in [-0.2, 0) is 18.3 Å². The number of amides is 1. The van der Waals surface area contributed by atoms with E-state index < -0.39 is 0 Å². The van der Waals surface area contributed by atoms with Gasteiger partial charge in [0, 0.05) is 38.4 Å². The van der Waals surface area contributed by atoms with Crippen molar-refractivity contribution in [3.05, 3.63) is 18.0 Å². The Kier molecular flexibility index (Phi) is 6.43. The summed E-state index contributed by atoms with van der Waals surface area (Å²) in [7, 11) is 1.93. The van der Waals surface area contributed by atoms with Gasteiger partial charge in [0.1, 0.15) is 0 Å². The molecule has 0 aliphatic heterocycles. The summed E-state index contributed by atoms with van der Waals surface area (Å²) in [6, 6.07) is 1.85. The molecule has 1 aromatic rings. The number of nitrogens with zero attached hydrogens (tertiary/aromatic N) is 2. The van der Waals surface area contributed by atoms with Gasteiger partial charge in [-0.2, -0.15) is 5.10 Å². The smallest absolute Gasteiger partial charge is 0.236 e. The first-order chi connectivity index (χ1) is 8.65. The number of carbonyl (C=O) groups is 1. The van der Waals surface area contributed by atoms with Crippen molar-refractivity contribution in [1.82, 2.24) is 20.4 Å². The van der Waals surface area contributed by atoms with E-state index in [1.54, 1.807) is 6.20 Å². The van der Waals surface area contributed by atoms with Crippen molar-refractivity contribution < 1.29 is 4.79 Å². The van der Waals surface area contributed by atoms with Gasteiger partial charge in [-0.3, -0.25) is 9.48 Å². The first-order valence-corrected chi connectivity index (χ1v) is 6.63. The monoisotopic (exact) mass is 252 g/mol. The Morgan fingerprint density at radius 3 is 2.89 bits per heavy atom. The minimum atomic E-state index is -0.143. The van der Waals surface area contributed by atoms with Crippen molar-refractivity contribution in [2.75, 3.05) is 13.1 Å². The molecule has 1 aromatic heterocycles. The van der Waals surface area contributed by atoms with Crippen LogP contribution in [0.15, 0.2) is 12.3 Å². The Morgan fingerprint density at radius 2 is 2.28 bits per heavy atom. The first-order valence-electron chi connectivity index (χ1n) is 6.63. The molecule has 0 bridgehead atoms. The molecule has 0 fully saturated rings. The molecule has 18 heavy (non-hydrogen) atoms. The van der Waals surface area contributed by atoms with Gasteiger partial charge in [-0.25, -0.2) is 0 Å². The second-order valence-corrected chi connectivity index (χ2v) is 4.52. The highest BCUT2D eigenvalue weighted by Crippen LogP contribution is 1.96. The number of hydrogen-bond donors (Lipinski definition) is 2. The van der Waals surface area contributed by atoms with Crippen LogP contribution in [0.25, 0.3) is 0 Å². The van der Waals surface area contributed by atoms with E-state index in [1.165, 1.54) is 5.69 Å². The summed E-state index contributed by atoms with van der Waals surface area (Å²) in [6.07, 6.45) is 4.80. The number of rotatable bonds is 8. The van der Waals surface area contributed by atoms with Gasteiger partial charge in [-0.05, 0) is 19.4 Å². The van der Waals surface area contributed by atoms with Gasteiger partial charge in [0.15, 0.2) is 0 Å². The lowest BCUT2D eigenvalue weighted by Crippen LogP contribution is -2.43. The van der Waals surface area contributed by atoms with Gasteiger partial charge < -0.3 is 10.6 Å². The molecule has 0 aromatic carbocycles. The number of nitrogens with one attached hydrogen (secondary N) is 2. The van der Waals surface area contributed by atoms with Gasteiger partial charge in [0.2, 0.25) is 5.91 Å².